The van der Waals surface area contributed by atoms with Crippen molar-refractivity contribution >= 4 is 33.2 Å². The number of nitrogens with two attached hydrogens (primary N) is 1. The quantitative estimate of drug-likeness (QED) is 0.656. The number of anilines is 2. The topological polar surface area (TPSA) is 46.3 Å². The van der Waals surface area contributed by atoms with Gasteiger partial charge in [-0.25, -0.2) is 13.2 Å². The third kappa shape index (κ3) is 3.02. The summed E-state index contributed by atoms with van der Waals surface area (Å²) in [5, 5.41) is 0. The first-order valence-corrected chi connectivity index (χ1v) is 6.58. The molecule has 1 amide bonds. The summed E-state index contributed by atoms with van der Waals surface area (Å²) in [4.78, 5) is 13.3. The zero-order valence-electron chi connectivity index (χ0n) is 10.8. The molecular formula is C14H10BrF3N2O. The van der Waals surface area contributed by atoms with Gasteiger partial charge in [0.05, 0.1) is 11.4 Å². The highest BCUT2D eigenvalue weighted by molar-refractivity contribution is 9.10. The maximum atomic E-state index is 13.2. The summed E-state index contributed by atoms with van der Waals surface area (Å²) < 4.78 is 40.0. The Bertz CT molecular complexity index is 698. The molecule has 0 radical (unpaired) electrons. The maximum absolute atomic E-state index is 13.2. The van der Waals surface area contributed by atoms with E-state index in [2.05, 4.69) is 15.9 Å². The van der Waals surface area contributed by atoms with Gasteiger partial charge in [0.2, 0.25) is 0 Å². The third-order valence-corrected chi connectivity index (χ3v) is 3.38. The van der Waals surface area contributed by atoms with Crippen molar-refractivity contribution in [3.63, 3.8) is 0 Å². The smallest absolute Gasteiger partial charge is 0.258 e. The number of nitrogen functional groups attached to an aromatic ring is 1. The first-order valence-electron chi connectivity index (χ1n) is 5.79. The van der Waals surface area contributed by atoms with E-state index in [9.17, 15) is 18.0 Å². The Hall–Kier alpha value is -2.02. The number of carbonyl (C=O) groups is 1. The Morgan fingerprint density at radius 2 is 1.71 bits per heavy atom. The molecule has 7 heteroatoms. The molecule has 0 aliphatic carbocycles. The van der Waals surface area contributed by atoms with Crippen molar-refractivity contribution in [2.24, 2.45) is 0 Å². The van der Waals surface area contributed by atoms with Crippen LogP contribution in [0.1, 0.15) is 10.4 Å². The van der Waals surface area contributed by atoms with Crippen LogP contribution in [0.4, 0.5) is 24.5 Å². The summed E-state index contributed by atoms with van der Waals surface area (Å²) >= 11 is 3.23. The van der Waals surface area contributed by atoms with E-state index >= 15 is 0 Å². The molecule has 0 unspecified atom stereocenters. The van der Waals surface area contributed by atoms with Gasteiger partial charge in [0.1, 0.15) is 0 Å². The van der Waals surface area contributed by atoms with Crippen molar-refractivity contribution in [3.05, 3.63) is 57.8 Å². The number of hydrogen-bond donors (Lipinski definition) is 1. The van der Waals surface area contributed by atoms with Crippen LogP contribution in [0.3, 0.4) is 0 Å². The first-order chi connectivity index (χ1) is 9.81. The molecule has 2 N–H and O–H groups in total. The number of carbonyl (C=O) groups excluding carboxylic acids is 1. The lowest BCUT2D eigenvalue weighted by molar-refractivity contribution is 0.0992. The summed E-state index contributed by atoms with van der Waals surface area (Å²) in [5.41, 5.74) is 6.16. The van der Waals surface area contributed by atoms with Crippen LogP contribution in [-0.4, -0.2) is 13.0 Å². The molecule has 3 nitrogen and oxygen atoms in total. The average Bonchev–Trinajstić information content (AvgIpc) is 2.42. The van der Waals surface area contributed by atoms with Gasteiger partial charge in [0.25, 0.3) is 5.91 Å². The Balaban J connectivity index is 2.39. The van der Waals surface area contributed by atoms with Crippen molar-refractivity contribution in [2.45, 2.75) is 0 Å². The fraction of sp³-hybridized carbons (Fsp3) is 0.0714. The van der Waals surface area contributed by atoms with E-state index in [0.717, 1.165) is 9.37 Å². The Kier molecular flexibility index (Phi) is 4.22. The van der Waals surface area contributed by atoms with Gasteiger partial charge in [0, 0.05) is 17.1 Å². The van der Waals surface area contributed by atoms with Crippen molar-refractivity contribution < 1.29 is 18.0 Å². The molecule has 0 spiro atoms. The van der Waals surface area contributed by atoms with Crippen LogP contribution in [0.25, 0.3) is 0 Å². The molecule has 0 atom stereocenters. The number of hydrogen-bond acceptors (Lipinski definition) is 2. The van der Waals surface area contributed by atoms with Gasteiger partial charge in [-0.15, -0.1) is 0 Å². The second kappa shape index (κ2) is 5.77. The fourth-order valence-electron chi connectivity index (χ4n) is 1.81. The lowest BCUT2D eigenvalue weighted by Crippen LogP contribution is -2.27. The summed E-state index contributed by atoms with van der Waals surface area (Å²) in [6, 6.07) is 6.12. The predicted molar refractivity (Wildman–Crippen MR) is 77.6 cm³/mol. The molecular weight excluding hydrogens is 349 g/mol. The van der Waals surface area contributed by atoms with Crippen molar-refractivity contribution in [3.8, 4) is 0 Å². The van der Waals surface area contributed by atoms with Crippen LogP contribution < -0.4 is 10.6 Å². The highest BCUT2D eigenvalue weighted by atomic mass is 79.9. The van der Waals surface area contributed by atoms with Crippen LogP contribution in [0.5, 0.6) is 0 Å². The van der Waals surface area contributed by atoms with Gasteiger partial charge < -0.3 is 10.6 Å². The number of amides is 1. The predicted octanol–water partition coefficient (Wildman–Crippen LogP) is 3.73. The van der Waals surface area contributed by atoms with Crippen LogP contribution in [0.2, 0.25) is 0 Å². The lowest BCUT2D eigenvalue weighted by atomic mass is 10.1. The molecule has 0 fully saturated rings. The van der Waals surface area contributed by atoms with Crippen LogP contribution in [0.15, 0.2) is 34.8 Å². The standard InChI is InChI=1S/C14H10BrF3N2O/c1-20(12-3-2-8(15)6-11(12)19)14(21)7-4-9(16)13(18)10(17)5-7/h2-6H,19H2,1H3. The molecule has 0 bridgehead atoms. The first kappa shape index (κ1) is 15.4. The molecule has 2 rings (SSSR count). The zero-order valence-corrected chi connectivity index (χ0v) is 12.4. The molecule has 2 aromatic carbocycles. The summed E-state index contributed by atoms with van der Waals surface area (Å²) in [7, 11) is 1.40. The highest BCUT2D eigenvalue weighted by Gasteiger charge is 2.20. The van der Waals surface area contributed by atoms with Gasteiger partial charge in [0.15, 0.2) is 17.5 Å². The van der Waals surface area contributed by atoms with E-state index < -0.39 is 23.4 Å². The number of halogens is 4. The minimum Gasteiger partial charge on any atom is -0.397 e. The van der Waals surface area contributed by atoms with Crippen molar-refractivity contribution in [1.29, 1.82) is 0 Å². The number of benzene rings is 2. The van der Waals surface area contributed by atoms with Gasteiger partial charge in [-0.3, -0.25) is 4.79 Å². The van der Waals surface area contributed by atoms with Gasteiger partial charge in [-0.1, -0.05) is 15.9 Å². The second-order valence-electron chi connectivity index (χ2n) is 4.32. The molecule has 2 aromatic rings. The zero-order chi connectivity index (χ0) is 15.7. The van der Waals surface area contributed by atoms with Crippen molar-refractivity contribution in [1.82, 2.24) is 0 Å². The van der Waals surface area contributed by atoms with Gasteiger partial charge in [-0.05, 0) is 30.3 Å². The summed E-state index contributed by atoms with van der Waals surface area (Å²) in [5.74, 6) is -5.16. The SMILES string of the molecule is CN(C(=O)c1cc(F)c(F)c(F)c1)c1ccc(Br)cc1N. The number of nitrogens with zero attached hydrogens (tertiary/aromatic N) is 1. The fourth-order valence-corrected chi connectivity index (χ4v) is 2.19. The van der Waals surface area contributed by atoms with Crippen LogP contribution in [0, 0.1) is 17.5 Å². The van der Waals surface area contributed by atoms with E-state index in [-0.39, 0.29) is 5.56 Å². The normalized spacial score (nSPS) is 10.5. The van der Waals surface area contributed by atoms with Gasteiger partial charge >= 0.3 is 0 Å². The number of rotatable bonds is 2. The monoisotopic (exact) mass is 358 g/mol. The minimum absolute atomic E-state index is 0.309. The third-order valence-electron chi connectivity index (χ3n) is 2.89. The highest BCUT2D eigenvalue weighted by Crippen LogP contribution is 2.27. The molecule has 0 saturated carbocycles. The maximum Gasteiger partial charge on any atom is 0.258 e. The van der Waals surface area contributed by atoms with E-state index in [1.165, 1.54) is 7.05 Å². The molecule has 0 aromatic heterocycles. The average molecular weight is 359 g/mol. The second-order valence-corrected chi connectivity index (χ2v) is 5.24. The van der Waals surface area contributed by atoms with Crippen molar-refractivity contribution in [2.75, 3.05) is 17.7 Å². The molecule has 21 heavy (non-hydrogen) atoms. The molecule has 0 aliphatic rings. The lowest BCUT2D eigenvalue weighted by Gasteiger charge is -2.19. The molecule has 110 valence electrons. The molecule has 0 heterocycles. The summed E-state index contributed by atoms with van der Waals surface area (Å²) in [6.07, 6.45) is 0. The minimum atomic E-state index is -1.61. The van der Waals surface area contributed by atoms with E-state index in [0.29, 0.717) is 23.5 Å². The van der Waals surface area contributed by atoms with Crippen LogP contribution >= 0.6 is 15.9 Å². The Labute approximate surface area is 127 Å². The summed E-state index contributed by atoms with van der Waals surface area (Å²) in [6.45, 7) is 0. The van der Waals surface area contributed by atoms with E-state index in [4.69, 9.17) is 5.73 Å². The van der Waals surface area contributed by atoms with E-state index in [1.807, 2.05) is 0 Å². The Morgan fingerprint density at radius 3 is 2.24 bits per heavy atom. The van der Waals surface area contributed by atoms with Crippen LogP contribution in [-0.2, 0) is 0 Å². The Morgan fingerprint density at radius 1 is 1.14 bits per heavy atom. The largest absolute Gasteiger partial charge is 0.397 e. The van der Waals surface area contributed by atoms with Gasteiger partial charge in [-0.2, -0.15) is 0 Å². The molecule has 0 saturated heterocycles. The van der Waals surface area contributed by atoms with E-state index in [1.54, 1.807) is 18.2 Å². The molecule has 0 aliphatic heterocycles.